The highest BCUT2D eigenvalue weighted by Crippen LogP contribution is 2.59. The van der Waals surface area contributed by atoms with Crippen molar-refractivity contribution in [1.29, 1.82) is 0 Å². The predicted octanol–water partition coefficient (Wildman–Crippen LogP) is 4.06. The molecule has 6 rings (SSSR count). The number of aromatic nitrogens is 1. The largest absolute Gasteiger partial charge is 0.399 e. The van der Waals surface area contributed by atoms with E-state index in [4.69, 9.17) is 9.79 Å². The third kappa shape index (κ3) is 6.59. The van der Waals surface area contributed by atoms with Crippen molar-refractivity contribution in [3.05, 3.63) is 102 Å². The molecular weight excluding hydrogens is 659 g/mol. The number of carbonyl (C=O) groups is 4. The van der Waals surface area contributed by atoms with Crippen molar-refractivity contribution in [2.45, 2.75) is 43.1 Å². The summed E-state index contributed by atoms with van der Waals surface area (Å²) in [6.07, 6.45) is 1.33. The Morgan fingerprint density at radius 3 is 2.31 bits per heavy atom. The standard InChI is InChI=1S/C34H34F2N5O7P/c1-39(24-10-6-3-7-11-24)33(45)29-15-13-25-16-17-40(31(43)21-8-4-2-5-9-21)20-28(32(44)41(25)29)38-30(42)27-19-22-18-23(12-14-26(22)37-27)34(35,36)49(46,47)48/h2-12,14,18-19,25,28-29,37H,13,15-17,20H2,1H3,(H,38,42)(H2,46,47,48)/t25-,28?,29+/m1/s1. The number of halogens is 2. The maximum Gasteiger partial charge on any atom is 0.399 e. The number of likely N-dealkylation sites (N-methyl/N-ethyl adjacent to an activating group) is 1. The molecule has 4 aromatic rings. The summed E-state index contributed by atoms with van der Waals surface area (Å²) in [5.74, 6) is -1.95. The van der Waals surface area contributed by atoms with Gasteiger partial charge in [0.1, 0.15) is 17.8 Å². The molecule has 15 heteroatoms. The van der Waals surface area contributed by atoms with E-state index >= 15 is 0 Å². The second kappa shape index (κ2) is 13.2. The number of carbonyl (C=O) groups excluding carboxylic acids is 4. The highest BCUT2D eigenvalue weighted by molar-refractivity contribution is 7.52. The quantitative estimate of drug-likeness (QED) is 0.212. The molecule has 256 valence electrons. The van der Waals surface area contributed by atoms with Gasteiger partial charge in [-0.3, -0.25) is 23.7 Å². The number of para-hydroxylation sites is 1. The van der Waals surface area contributed by atoms with Gasteiger partial charge in [0.15, 0.2) is 0 Å². The van der Waals surface area contributed by atoms with E-state index < -0.39 is 42.7 Å². The second-order valence-corrected chi connectivity index (χ2v) is 13.9. The summed E-state index contributed by atoms with van der Waals surface area (Å²) in [5.41, 5.74) is -4.21. The SMILES string of the molecule is CN(C(=O)[C@@H]1CC[C@@H]2CCN(C(=O)c3ccccc3)CC(NC(=O)c3cc4cc(C(F)(F)P(=O)(O)O)ccc4[nH]3)C(=O)N21)c1ccccc1. The van der Waals surface area contributed by atoms with Gasteiger partial charge in [-0.15, -0.1) is 0 Å². The van der Waals surface area contributed by atoms with Gasteiger partial charge in [0.2, 0.25) is 11.8 Å². The van der Waals surface area contributed by atoms with Crippen LogP contribution in [-0.2, 0) is 19.8 Å². The number of nitrogens with one attached hydrogen (secondary N) is 2. The van der Waals surface area contributed by atoms with Crippen molar-refractivity contribution in [3.8, 4) is 0 Å². The number of fused-ring (bicyclic) bond motifs is 2. The Labute approximate surface area is 279 Å². The first-order valence-corrected chi connectivity index (χ1v) is 17.2. The van der Waals surface area contributed by atoms with E-state index in [-0.39, 0.29) is 47.5 Å². The monoisotopic (exact) mass is 693 g/mol. The molecule has 2 aliphatic heterocycles. The molecule has 12 nitrogen and oxygen atoms in total. The highest BCUT2D eigenvalue weighted by Gasteiger charge is 2.50. The summed E-state index contributed by atoms with van der Waals surface area (Å²) in [6, 6.07) is 19.2. The van der Waals surface area contributed by atoms with Gasteiger partial charge in [0, 0.05) is 47.4 Å². The fourth-order valence-electron chi connectivity index (χ4n) is 6.52. The minimum Gasteiger partial charge on any atom is -0.351 e. The molecule has 0 radical (unpaired) electrons. The van der Waals surface area contributed by atoms with Crippen LogP contribution in [0.4, 0.5) is 14.5 Å². The summed E-state index contributed by atoms with van der Waals surface area (Å²) in [5, 5.41) is 2.78. The Kier molecular flexibility index (Phi) is 9.14. The van der Waals surface area contributed by atoms with E-state index in [0.717, 1.165) is 12.1 Å². The number of anilines is 1. The lowest BCUT2D eigenvalue weighted by molar-refractivity contribution is -0.142. The normalized spacial score (nSPS) is 20.0. The van der Waals surface area contributed by atoms with E-state index in [0.29, 0.717) is 30.5 Å². The van der Waals surface area contributed by atoms with E-state index in [1.165, 1.54) is 26.8 Å². The summed E-state index contributed by atoms with van der Waals surface area (Å²) in [6.45, 7) is 0.0583. The number of aromatic amines is 1. The molecule has 2 fully saturated rings. The Morgan fingerprint density at radius 1 is 0.959 bits per heavy atom. The van der Waals surface area contributed by atoms with Crippen molar-refractivity contribution in [2.24, 2.45) is 0 Å². The molecule has 4 N–H and O–H groups in total. The van der Waals surface area contributed by atoms with Crippen LogP contribution in [-0.4, -0.2) is 86.5 Å². The molecule has 1 unspecified atom stereocenters. The van der Waals surface area contributed by atoms with Crippen LogP contribution in [0.25, 0.3) is 10.9 Å². The van der Waals surface area contributed by atoms with Crippen molar-refractivity contribution < 1.29 is 42.3 Å². The number of hydrogen-bond donors (Lipinski definition) is 4. The zero-order chi connectivity index (χ0) is 35.1. The molecule has 3 heterocycles. The minimum absolute atomic E-state index is 0.0786. The maximum atomic E-state index is 14.4. The van der Waals surface area contributed by atoms with Crippen LogP contribution in [0.15, 0.2) is 84.9 Å². The van der Waals surface area contributed by atoms with Crippen molar-refractivity contribution >= 4 is 47.8 Å². The van der Waals surface area contributed by atoms with Gasteiger partial charge in [-0.1, -0.05) is 42.5 Å². The smallest absolute Gasteiger partial charge is 0.351 e. The first-order chi connectivity index (χ1) is 23.3. The topological polar surface area (TPSA) is 163 Å². The van der Waals surface area contributed by atoms with Gasteiger partial charge in [-0.2, -0.15) is 8.78 Å². The predicted molar refractivity (Wildman–Crippen MR) is 176 cm³/mol. The molecule has 0 spiro atoms. The Balaban J connectivity index is 1.30. The van der Waals surface area contributed by atoms with Crippen molar-refractivity contribution in [3.63, 3.8) is 0 Å². The van der Waals surface area contributed by atoms with E-state index in [1.54, 1.807) is 61.6 Å². The second-order valence-electron chi connectivity index (χ2n) is 12.2. The Morgan fingerprint density at radius 2 is 1.63 bits per heavy atom. The molecule has 49 heavy (non-hydrogen) atoms. The van der Waals surface area contributed by atoms with Crippen LogP contribution >= 0.6 is 7.60 Å². The lowest BCUT2D eigenvalue weighted by Crippen LogP contribution is -2.61. The van der Waals surface area contributed by atoms with Gasteiger partial charge in [-0.25, -0.2) is 0 Å². The van der Waals surface area contributed by atoms with Gasteiger partial charge in [-0.05, 0) is 61.7 Å². The lowest BCUT2D eigenvalue weighted by Gasteiger charge is -2.39. The first-order valence-electron chi connectivity index (χ1n) is 15.6. The van der Waals surface area contributed by atoms with E-state index in [9.17, 15) is 32.5 Å². The number of rotatable bonds is 7. The zero-order valence-corrected chi connectivity index (χ0v) is 27.2. The summed E-state index contributed by atoms with van der Waals surface area (Å²) >= 11 is 0. The van der Waals surface area contributed by atoms with Gasteiger partial charge in [0.25, 0.3) is 11.8 Å². The Hall–Kier alpha value is -4.91. The fraction of sp³-hybridized carbons (Fsp3) is 0.294. The number of alkyl halides is 2. The molecule has 0 aliphatic carbocycles. The highest BCUT2D eigenvalue weighted by atomic mass is 31.2. The average Bonchev–Trinajstić information content (AvgIpc) is 3.72. The molecule has 2 saturated heterocycles. The summed E-state index contributed by atoms with van der Waals surface area (Å²) in [4.78, 5) is 81.0. The number of H-pyrrole nitrogens is 1. The summed E-state index contributed by atoms with van der Waals surface area (Å²) < 4.78 is 40.2. The average molecular weight is 694 g/mol. The van der Waals surface area contributed by atoms with Crippen molar-refractivity contribution in [2.75, 3.05) is 25.0 Å². The van der Waals surface area contributed by atoms with E-state index in [1.807, 2.05) is 6.07 Å². The molecule has 4 amide bonds. The third-order valence-corrected chi connectivity index (χ3v) is 10.1. The van der Waals surface area contributed by atoms with Crippen LogP contribution < -0.4 is 10.2 Å². The fourth-order valence-corrected chi connectivity index (χ4v) is 7.00. The molecule has 1 aromatic heterocycles. The minimum atomic E-state index is -5.83. The Bertz CT molecular complexity index is 1950. The molecule has 0 bridgehead atoms. The lowest BCUT2D eigenvalue weighted by atomic mass is 10.1. The number of amides is 4. The third-order valence-electron chi connectivity index (χ3n) is 9.14. The van der Waals surface area contributed by atoms with Crippen LogP contribution in [0.2, 0.25) is 0 Å². The van der Waals surface area contributed by atoms with Crippen molar-refractivity contribution in [1.82, 2.24) is 20.1 Å². The molecule has 3 aromatic carbocycles. The van der Waals surface area contributed by atoms with Gasteiger partial charge >= 0.3 is 13.3 Å². The molecular formula is C34H34F2N5O7P. The van der Waals surface area contributed by atoms with Crippen LogP contribution in [0.3, 0.4) is 0 Å². The van der Waals surface area contributed by atoms with Gasteiger partial charge in [0.05, 0.1) is 6.54 Å². The maximum absolute atomic E-state index is 14.4. The van der Waals surface area contributed by atoms with Crippen LogP contribution in [0.5, 0.6) is 0 Å². The first kappa shape index (κ1) is 34.0. The number of benzene rings is 3. The van der Waals surface area contributed by atoms with Crippen LogP contribution in [0, 0.1) is 0 Å². The molecule has 3 atom stereocenters. The number of nitrogens with zero attached hydrogens (tertiary/aromatic N) is 3. The summed E-state index contributed by atoms with van der Waals surface area (Å²) in [7, 11) is -4.19. The van der Waals surface area contributed by atoms with Gasteiger partial charge < -0.3 is 34.8 Å². The molecule has 2 aliphatic rings. The van der Waals surface area contributed by atoms with E-state index in [2.05, 4.69) is 10.3 Å². The molecule has 0 saturated carbocycles. The van der Waals surface area contributed by atoms with Crippen LogP contribution in [0.1, 0.15) is 45.7 Å². The number of hydrogen-bond acceptors (Lipinski definition) is 5. The zero-order valence-electron chi connectivity index (χ0n) is 26.3.